The Morgan fingerprint density at radius 3 is 2.25 bits per heavy atom. The summed E-state index contributed by atoms with van der Waals surface area (Å²) in [6.07, 6.45) is 0. The van der Waals surface area contributed by atoms with Gasteiger partial charge in [0.15, 0.2) is 0 Å². The van der Waals surface area contributed by atoms with Crippen LogP contribution in [-0.2, 0) is 10.0 Å². The predicted octanol–water partition coefficient (Wildman–Crippen LogP) is 3.46. The van der Waals surface area contributed by atoms with Crippen molar-refractivity contribution in [1.29, 1.82) is 0 Å². The van der Waals surface area contributed by atoms with E-state index in [1.54, 1.807) is 26.0 Å². The van der Waals surface area contributed by atoms with Crippen LogP contribution in [0.2, 0.25) is 5.02 Å². The smallest absolute Gasteiger partial charge is 0.262 e. The molecule has 0 fully saturated rings. The van der Waals surface area contributed by atoms with Crippen LogP contribution in [0.3, 0.4) is 0 Å². The van der Waals surface area contributed by atoms with Gasteiger partial charge in [0, 0.05) is 10.7 Å². The van der Waals surface area contributed by atoms with Crippen molar-refractivity contribution in [2.24, 2.45) is 0 Å². The highest BCUT2D eigenvalue weighted by Gasteiger charge is 2.18. The van der Waals surface area contributed by atoms with E-state index in [0.29, 0.717) is 21.8 Å². The first kappa shape index (κ1) is 14.7. The number of halogens is 1. The lowest BCUT2D eigenvalue weighted by Gasteiger charge is -2.12. The van der Waals surface area contributed by atoms with E-state index in [1.807, 2.05) is 0 Å². The largest absolute Gasteiger partial charge is 0.508 e. The SMILES string of the molecule is Cc1cc(S(=O)(=O)Nc2ccc(O)cc2)c(C)cc1Cl. The number of phenolic OH excluding ortho intramolecular Hbond substituents is 1. The number of aromatic hydroxyl groups is 1. The van der Waals surface area contributed by atoms with Crippen molar-refractivity contribution in [3.63, 3.8) is 0 Å². The van der Waals surface area contributed by atoms with Gasteiger partial charge < -0.3 is 5.11 Å². The summed E-state index contributed by atoms with van der Waals surface area (Å²) >= 11 is 5.97. The minimum absolute atomic E-state index is 0.0754. The summed E-state index contributed by atoms with van der Waals surface area (Å²) < 4.78 is 27.2. The van der Waals surface area contributed by atoms with Crippen LogP contribution < -0.4 is 4.72 Å². The molecule has 106 valence electrons. The average molecular weight is 312 g/mol. The molecule has 20 heavy (non-hydrogen) atoms. The number of aryl methyl sites for hydroxylation is 2. The van der Waals surface area contributed by atoms with Gasteiger partial charge in [-0.15, -0.1) is 0 Å². The molecule has 0 atom stereocenters. The summed E-state index contributed by atoms with van der Waals surface area (Å²) in [5.74, 6) is 0.0754. The number of anilines is 1. The molecule has 2 aromatic carbocycles. The van der Waals surface area contributed by atoms with Crippen LogP contribution in [-0.4, -0.2) is 13.5 Å². The number of sulfonamides is 1. The second-order valence-electron chi connectivity index (χ2n) is 4.52. The van der Waals surface area contributed by atoms with Crippen LogP contribution in [0.1, 0.15) is 11.1 Å². The fourth-order valence-electron chi connectivity index (χ4n) is 1.78. The molecule has 0 amide bonds. The van der Waals surface area contributed by atoms with Gasteiger partial charge in [-0.25, -0.2) is 8.42 Å². The fourth-order valence-corrected chi connectivity index (χ4v) is 3.37. The topological polar surface area (TPSA) is 66.4 Å². The zero-order valence-electron chi connectivity index (χ0n) is 11.0. The van der Waals surface area contributed by atoms with Gasteiger partial charge in [-0.3, -0.25) is 4.72 Å². The van der Waals surface area contributed by atoms with Crippen molar-refractivity contribution in [1.82, 2.24) is 0 Å². The number of nitrogens with one attached hydrogen (secondary N) is 1. The van der Waals surface area contributed by atoms with Crippen molar-refractivity contribution in [2.45, 2.75) is 18.7 Å². The van der Waals surface area contributed by atoms with E-state index in [9.17, 15) is 13.5 Å². The molecular formula is C14H14ClNO3S. The third kappa shape index (κ3) is 3.05. The van der Waals surface area contributed by atoms with E-state index >= 15 is 0 Å². The highest BCUT2D eigenvalue weighted by atomic mass is 35.5. The molecule has 0 aliphatic heterocycles. The molecule has 0 unspecified atom stereocenters. The van der Waals surface area contributed by atoms with E-state index in [1.165, 1.54) is 24.3 Å². The Hall–Kier alpha value is -1.72. The first-order chi connectivity index (χ1) is 9.29. The van der Waals surface area contributed by atoms with Crippen molar-refractivity contribution < 1.29 is 13.5 Å². The maximum atomic E-state index is 12.4. The fraction of sp³-hybridized carbons (Fsp3) is 0.143. The van der Waals surface area contributed by atoms with Crippen LogP contribution in [0.15, 0.2) is 41.3 Å². The molecular weight excluding hydrogens is 298 g/mol. The van der Waals surface area contributed by atoms with Crippen LogP contribution >= 0.6 is 11.6 Å². The summed E-state index contributed by atoms with van der Waals surface area (Å²) in [4.78, 5) is 0.187. The van der Waals surface area contributed by atoms with Crippen LogP contribution in [0.25, 0.3) is 0 Å². The number of hydrogen-bond donors (Lipinski definition) is 2. The van der Waals surface area contributed by atoms with Crippen LogP contribution in [0, 0.1) is 13.8 Å². The van der Waals surface area contributed by atoms with E-state index in [2.05, 4.69) is 4.72 Å². The quantitative estimate of drug-likeness (QED) is 0.853. The van der Waals surface area contributed by atoms with E-state index in [4.69, 9.17) is 11.6 Å². The molecule has 4 nitrogen and oxygen atoms in total. The molecule has 0 aromatic heterocycles. The third-order valence-electron chi connectivity index (χ3n) is 2.87. The highest BCUT2D eigenvalue weighted by Crippen LogP contribution is 2.26. The molecule has 0 heterocycles. The number of benzene rings is 2. The Labute approximate surface area is 123 Å². The Kier molecular flexibility index (Phi) is 3.92. The Morgan fingerprint density at radius 2 is 1.65 bits per heavy atom. The molecule has 0 radical (unpaired) electrons. The van der Waals surface area contributed by atoms with Gasteiger partial charge in [-0.2, -0.15) is 0 Å². The van der Waals surface area contributed by atoms with Gasteiger partial charge in [0.1, 0.15) is 5.75 Å². The van der Waals surface area contributed by atoms with E-state index in [-0.39, 0.29) is 10.6 Å². The minimum atomic E-state index is -3.69. The maximum Gasteiger partial charge on any atom is 0.262 e. The second-order valence-corrected chi connectivity index (χ2v) is 6.58. The van der Waals surface area contributed by atoms with Crippen molar-refractivity contribution >= 4 is 27.3 Å². The molecule has 2 N–H and O–H groups in total. The van der Waals surface area contributed by atoms with Gasteiger partial charge in [0.05, 0.1) is 4.90 Å². The van der Waals surface area contributed by atoms with Gasteiger partial charge in [-0.05, 0) is 61.4 Å². The lowest BCUT2D eigenvalue weighted by atomic mass is 10.2. The Morgan fingerprint density at radius 1 is 1.05 bits per heavy atom. The van der Waals surface area contributed by atoms with Gasteiger partial charge in [0.2, 0.25) is 0 Å². The van der Waals surface area contributed by atoms with Gasteiger partial charge >= 0.3 is 0 Å². The van der Waals surface area contributed by atoms with Crippen LogP contribution in [0.4, 0.5) is 5.69 Å². The normalized spacial score (nSPS) is 11.3. The van der Waals surface area contributed by atoms with Crippen molar-refractivity contribution in [3.8, 4) is 5.75 Å². The Bertz CT molecular complexity index is 740. The molecule has 0 saturated heterocycles. The van der Waals surface area contributed by atoms with E-state index < -0.39 is 10.0 Å². The molecule has 0 aliphatic rings. The standard InChI is InChI=1S/C14H14ClNO3S/c1-9-8-14(10(2)7-13(9)15)20(18,19)16-11-3-5-12(17)6-4-11/h3-8,16-17H,1-2H3. The third-order valence-corrected chi connectivity index (χ3v) is 4.80. The summed E-state index contributed by atoms with van der Waals surface area (Å²) in [6, 6.07) is 8.98. The van der Waals surface area contributed by atoms with Crippen molar-refractivity contribution in [2.75, 3.05) is 4.72 Å². The summed E-state index contributed by atoms with van der Waals surface area (Å²) in [5.41, 5.74) is 1.66. The Balaban J connectivity index is 2.40. The molecule has 2 rings (SSSR count). The number of hydrogen-bond acceptors (Lipinski definition) is 3. The second kappa shape index (κ2) is 5.34. The molecule has 0 bridgehead atoms. The van der Waals surface area contributed by atoms with Gasteiger partial charge in [0.25, 0.3) is 10.0 Å². The highest BCUT2D eigenvalue weighted by molar-refractivity contribution is 7.92. The molecule has 6 heteroatoms. The minimum Gasteiger partial charge on any atom is -0.508 e. The summed E-state index contributed by atoms with van der Waals surface area (Å²) in [5, 5.41) is 9.72. The lowest BCUT2D eigenvalue weighted by molar-refractivity contribution is 0.475. The average Bonchev–Trinajstić information content (AvgIpc) is 2.36. The molecule has 0 aliphatic carbocycles. The first-order valence-electron chi connectivity index (χ1n) is 5.88. The van der Waals surface area contributed by atoms with Crippen molar-refractivity contribution in [3.05, 3.63) is 52.5 Å². The zero-order valence-corrected chi connectivity index (χ0v) is 12.6. The molecule has 0 spiro atoms. The summed E-state index contributed by atoms with van der Waals surface area (Å²) in [6.45, 7) is 3.44. The lowest BCUT2D eigenvalue weighted by Crippen LogP contribution is -2.14. The predicted molar refractivity (Wildman–Crippen MR) is 79.8 cm³/mol. The maximum absolute atomic E-state index is 12.4. The first-order valence-corrected chi connectivity index (χ1v) is 7.74. The molecule has 2 aromatic rings. The van der Waals surface area contributed by atoms with Gasteiger partial charge in [-0.1, -0.05) is 11.6 Å². The summed E-state index contributed by atoms with van der Waals surface area (Å²) in [7, 11) is -3.69. The monoisotopic (exact) mass is 311 g/mol. The van der Waals surface area contributed by atoms with Crippen LogP contribution in [0.5, 0.6) is 5.75 Å². The van der Waals surface area contributed by atoms with E-state index in [0.717, 1.165) is 0 Å². The number of rotatable bonds is 3. The number of phenols is 1. The molecule has 0 saturated carbocycles. The zero-order chi connectivity index (χ0) is 14.9.